The molecule has 1 saturated heterocycles. The topological polar surface area (TPSA) is 56.1 Å². The normalized spacial score (nSPS) is 15.3. The molecule has 1 aromatic carbocycles. The van der Waals surface area contributed by atoms with Crippen molar-refractivity contribution in [1.82, 2.24) is 10.2 Å². The Morgan fingerprint density at radius 1 is 1.09 bits per heavy atom. The van der Waals surface area contributed by atoms with Gasteiger partial charge in [-0.3, -0.25) is 0 Å². The zero-order valence-corrected chi connectivity index (χ0v) is 12.9. The maximum Gasteiger partial charge on any atom is 0.151 e. The summed E-state index contributed by atoms with van der Waals surface area (Å²) in [5.41, 5.74) is 1.58. The van der Waals surface area contributed by atoms with Gasteiger partial charge in [0, 0.05) is 38.1 Å². The van der Waals surface area contributed by atoms with E-state index in [0.717, 1.165) is 44.1 Å². The summed E-state index contributed by atoms with van der Waals surface area (Å²) in [5.74, 6) is 0.919. The van der Waals surface area contributed by atoms with Gasteiger partial charge in [-0.25, -0.2) is 0 Å². The van der Waals surface area contributed by atoms with E-state index in [2.05, 4.69) is 26.1 Å². The van der Waals surface area contributed by atoms with E-state index in [1.54, 1.807) is 12.3 Å². The van der Waals surface area contributed by atoms with Gasteiger partial charge >= 0.3 is 0 Å². The molecule has 0 radical (unpaired) electrons. The molecule has 112 valence electrons. The Hall–Kier alpha value is -2.32. The first kappa shape index (κ1) is 14.6. The zero-order chi connectivity index (χ0) is 15.4. The molecule has 5 nitrogen and oxygen atoms in total. The monoisotopic (exact) mass is 313 g/mol. The highest BCUT2D eigenvalue weighted by atomic mass is 35.5. The summed E-state index contributed by atoms with van der Waals surface area (Å²) in [6.07, 6.45) is 2.72. The summed E-state index contributed by atoms with van der Waals surface area (Å²) in [7, 11) is 0. The highest BCUT2D eigenvalue weighted by Gasteiger charge is 2.17. The molecular weight excluding hydrogens is 298 g/mol. The van der Waals surface area contributed by atoms with Gasteiger partial charge in [-0.15, -0.1) is 5.10 Å². The molecule has 1 aromatic heterocycles. The molecular formula is C16H16ClN5. The van der Waals surface area contributed by atoms with Gasteiger partial charge in [-0.1, -0.05) is 11.6 Å². The molecule has 0 bridgehead atoms. The lowest BCUT2D eigenvalue weighted by Gasteiger charge is -2.24. The largest absolute Gasteiger partial charge is 0.370 e. The summed E-state index contributed by atoms with van der Waals surface area (Å²) in [5, 5.41) is 17.6. The number of nitriles is 1. The first-order valence-electron chi connectivity index (χ1n) is 7.25. The van der Waals surface area contributed by atoms with Crippen LogP contribution in [0.1, 0.15) is 12.0 Å². The summed E-state index contributed by atoms with van der Waals surface area (Å²) >= 11 is 6.14. The predicted molar refractivity (Wildman–Crippen MR) is 87.2 cm³/mol. The van der Waals surface area contributed by atoms with Gasteiger partial charge in [0.05, 0.1) is 10.6 Å². The summed E-state index contributed by atoms with van der Waals surface area (Å²) in [6.45, 7) is 3.69. The molecule has 1 aliphatic rings. The van der Waals surface area contributed by atoms with E-state index in [9.17, 15) is 0 Å². The number of hydrogen-bond acceptors (Lipinski definition) is 5. The van der Waals surface area contributed by atoms with Crippen LogP contribution in [-0.2, 0) is 0 Å². The van der Waals surface area contributed by atoms with Crippen molar-refractivity contribution in [1.29, 1.82) is 5.26 Å². The molecule has 1 fully saturated rings. The number of hydrogen-bond donors (Lipinski definition) is 0. The minimum absolute atomic E-state index is 0.509. The number of nitrogens with zero attached hydrogens (tertiary/aromatic N) is 5. The quantitative estimate of drug-likeness (QED) is 0.853. The second-order valence-electron chi connectivity index (χ2n) is 5.19. The molecule has 0 atom stereocenters. The SMILES string of the molecule is N#Cc1ccc(N2CCCN(c3cccnn3)CC2)cc1Cl. The molecule has 22 heavy (non-hydrogen) atoms. The molecule has 2 heterocycles. The van der Waals surface area contributed by atoms with Crippen LogP contribution in [0.3, 0.4) is 0 Å². The summed E-state index contributed by atoms with van der Waals surface area (Å²) < 4.78 is 0. The summed E-state index contributed by atoms with van der Waals surface area (Å²) in [4.78, 5) is 4.54. The van der Waals surface area contributed by atoms with Crippen molar-refractivity contribution in [2.45, 2.75) is 6.42 Å². The van der Waals surface area contributed by atoms with Gasteiger partial charge in [0.1, 0.15) is 6.07 Å². The van der Waals surface area contributed by atoms with E-state index in [1.165, 1.54) is 0 Å². The number of benzene rings is 1. The van der Waals surface area contributed by atoms with Crippen LogP contribution >= 0.6 is 11.6 Å². The second-order valence-corrected chi connectivity index (χ2v) is 5.59. The van der Waals surface area contributed by atoms with E-state index in [1.807, 2.05) is 24.3 Å². The van der Waals surface area contributed by atoms with Gasteiger partial charge in [-0.05, 0) is 36.8 Å². The first-order chi connectivity index (χ1) is 10.8. The molecule has 0 spiro atoms. The van der Waals surface area contributed by atoms with Gasteiger partial charge in [0.15, 0.2) is 5.82 Å². The Kier molecular flexibility index (Phi) is 4.40. The van der Waals surface area contributed by atoms with Crippen LogP contribution in [0.5, 0.6) is 0 Å². The van der Waals surface area contributed by atoms with Crippen LogP contribution in [-0.4, -0.2) is 36.4 Å². The standard InChI is InChI=1S/C16H16ClN5/c17-15-11-14(5-4-13(15)12-18)21-7-2-8-22(10-9-21)16-3-1-6-19-20-16/h1,3-6,11H,2,7-10H2. The van der Waals surface area contributed by atoms with Gasteiger partial charge in [0.25, 0.3) is 0 Å². The highest BCUT2D eigenvalue weighted by Crippen LogP contribution is 2.24. The Balaban J connectivity index is 1.73. The third-order valence-electron chi connectivity index (χ3n) is 3.82. The third kappa shape index (κ3) is 3.12. The van der Waals surface area contributed by atoms with Crippen LogP contribution in [0.2, 0.25) is 5.02 Å². The number of rotatable bonds is 2. The Morgan fingerprint density at radius 2 is 1.91 bits per heavy atom. The molecule has 3 rings (SSSR count). The number of halogens is 1. The van der Waals surface area contributed by atoms with Gasteiger partial charge in [-0.2, -0.15) is 10.4 Å². The Bertz CT molecular complexity index is 683. The molecule has 0 unspecified atom stereocenters. The fourth-order valence-corrected chi connectivity index (χ4v) is 2.88. The van der Waals surface area contributed by atoms with Crippen LogP contribution in [0, 0.1) is 11.3 Å². The van der Waals surface area contributed by atoms with Crippen molar-refractivity contribution in [3.63, 3.8) is 0 Å². The molecule has 6 heteroatoms. The molecule has 0 amide bonds. The van der Waals surface area contributed by atoms with Crippen molar-refractivity contribution in [2.75, 3.05) is 36.0 Å². The van der Waals surface area contributed by atoms with Crippen molar-refractivity contribution in [3.8, 4) is 6.07 Å². The average molecular weight is 314 g/mol. The minimum atomic E-state index is 0.509. The first-order valence-corrected chi connectivity index (χ1v) is 7.63. The van der Waals surface area contributed by atoms with Crippen LogP contribution in [0.15, 0.2) is 36.5 Å². The van der Waals surface area contributed by atoms with Crippen LogP contribution in [0.25, 0.3) is 0 Å². The lowest BCUT2D eigenvalue weighted by molar-refractivity contribution is 0.786. The fraction of sp³-hybridized carbons (Fsp3) is 0.312. The maximum absolute atomic E-state index is 8.96. The predicted octanol–water partition coefficient (Wildman–Crippen LogP) is 2.72. The zero-order valence-electron chi connectivity index (χ0n) is 12.1. The van der Waals surface area contributed by atoms with Crippen molar-refractivity contribution >= 4 is 23.1 Å². The van der Waals surface area contributed by atoms with E-state index in [4.69, 9.17) is 16.9 Å². The van der Waals surface area contributed by atoms with Crippen LogP contribution in [0.4, 0.5) is 11.5 Å². The van der Waals surface area contributed by atoms with Crippen molar-refractivity contribution in [2.24, 2.45) is 0 Å². The fourth-order valence-electron chi connectivity index (χ4n) is 2.66. The molecule has 0 N–H and O–H groups in total. The second kappa shape index (κ2) is 6.63. The van der Waals surface area contributed by atoms with E-state index in [0.29, 0.717) is 10.6 Å². The van der Waals surface area contributed by atoms with Crippen LogP contribution < -0.4 is 9.80 Å². The van der Waals surface area contributed by atoms with E-state index < -0.39 is 0 Å². The minimum Gasteiger partial charge on any atom is -0.370 e. The third-order valence-corrected chi connectivity index (χ3v) is 4.13. The maximum atomic E-state index is 8.96. The van der Waals surface area contributed by atoms with E-state index >= 15 is 0 Å². The Labute approximate surface area is 134 Å². The Morgan fingerprint density at radius 3 is 2.64 bits per heavy atom. The molecule has 0 saturated carbocycles. The van der Waals surface area contributed by atoms with Gasteiger partial charge < -0.3 is 9.80 Å². The highest BCUT2D eigenvalue weighted by molar-refractivity contribution is 6.32. The molecule has 2 aromatic rings. The average Bonchev–Trinajstić information content (AvgIpc) is 2.81. The smallest absolute Gasteiger partial charge is 0.151 e. The van der Waals surface area contributed by atoms with Gasteiger partial charge in [0.2, 0.25) is 0 Å². The summed E-state index contributed by atoms with van der Waals surface area (Å²) in [6, 6.07) is 11.6. The van der Waals surface area contributed by atoms with E-state index in [-0.39, 0.29) is 0 Å². The molecule has 1 aliphatic heterocycles. The van der Waals surface area contributed by atoms with Crippen molar-refractivity contribution < 1.29 is 0 Å². The molecule has 0 aliphatic carbocycles. The number of anilines is 2. The number of aromatic nitrogens is 2. The lowest BCUT2D eigenvalue weighted by Crippen LogP contribution is -2.31. The lowest BCUT2D eigenvalue weighted by atomic mass is 10.2. The van der Waals surface area contributed by atoms with Crippen molar-refractivity contribution in [3.05, 3.63) is 47.1 Å².